The molecule has 0 bridgehead atoms. The minimum atomic E-state index is -0.470. The maximum atomic E-state index is 13.1. The summed E-state index contributed by atoms with van der Waals surface area (Å²) in [5.41, 5.74) is 3.54. The second-order valence-electron chi connectivity index (χ2n) is 6.78. The molecule has 0 saturated heterocycles. The van der Waals surface area contributed by atoms with Gasteiger partial charge in [-0.3, -0.25) is 4.79 Å². The number of phenols is 1. The van der Waals surface area contributed by atoms with Crippen molar-refractivity contribution < 1.29 is 19.4 Å². The molecule has 2 heterocycles. The molecule has 1 N–H and O–H groups in total. The molecule has 0 aliphatic rings. The first kappa shape index (κ1) is 18.7. The number of aryl methyl sites for hydroxylation is 1. The fourth-order valence-electron chi connectivity index (χ4n) is 3.83. The lowest BCUT2D eigenvalue weighted by Gasteiger charge is -2.11. The Morgan fingerprint density at radius 3 is 2.45 bits per heavy atom. The Labute approximate surface area is 168 Å². The fourth-order valence-corrected chi connectivity index (χ4v) is 3.83. The summed E-state index contributed by atoms with van der Waals surface area (Å²) in [6.07, 6.45) is 2.46. The van der Waals surface area contributed by atoms with E-state index in [0.717, 1.165) is 28.4 Å². The number of aromatic nitrogens is 1. The van der Waals surface area contributed by atoms with Crippen LogP contribution >= 0.6 is 0 Å². The Bertz CT molecular complexity index is 1250. The number of nitrogens with zero attached hydrogens (tertiary/aromatic N) is 1. The molecule has 2 aromatic heterocycles. The number of ether oxygens (including phenoxy) is 1. The van der Waals surface area contributed by atoms with Crippen molar-refractivity contribution in [2.45, 2.75) is 20.3 Å². The van der Waals surface area contributed by atoms with E-state index in [1.54, 1.807) is 37.4 Å². The number of hydrogen-bond acceptors (Lipinski definition) is 4. The van der Waals surface area contributed by atoms with E-state index in [2.05, 4.69) is 0 Å². The molecule has 0 atom stereocenters. The molecule has 4 aromatic rings. The van der Waals surface area contributed by atoms with Crippen LogP contribution < -0.4 is 0 Å². The van der Waals surface area contributed by atoms with E-state index in [9.17, 15) is 14.7 Å². The molecule has 0 fully saturated rings. The van der Waals surface area contributed by atoms with Gasteiger partial charge in [0.2, 0.25) is 0 Å². The molecular formula is C24H21NO4. The number of carbonyl (C=O) groups excluding carboxylic acids is 2. The first-order valence-electron chi connectivity index (χ1n) is 9.62. The van der Waals surface area contributed by atoms with Gasteiger partial charge in [0.15, 0.2) is 5.78 Å². The monoisotopic (exact) mass is 387 g/mol. The van der Waals surface area contributed by atoms with Crippen LogP contribution in [0.25, 0.3) is 16.4 Å². The zero-order valence-corrected chi connectivity index (χ0v) is 16.3. The van der Waals surface area contributed by atoms with E-state index >= 15 is 0 Å². The van der Waals surface area contributed by atoms with Gasteiger partial charge in [-0.15, -0.1) is 0 Å². The Kier molecular flexibility index (Phi) is 4.80. The third-order valence-electron chi connectivity index (χ3n) is 5.10. The van der Waals surface area contributed by atoms with E-state index in [-0.39, 0.29) is 23.7 Å². The Balaban J connectivity index is 2.05. The van der Waals surface area contributed by atoms with E-state index in [4.69, 9.17) is 4.74 Å². The SMILES string of the molecule is CCOC(=O)c1cc(C(=O)c2ccccc2O)cn2c1c(CC)c1ccccc12. The van der Waals surface area contributed by atoms with E-state index in [1.807, 2.05) is 35.6 Å². The van der Waals surface area contributed by atoms with Crippen molar-refractivity contribution in [2.75, 3.05) is 6.61 Å². The number of para-hydroxylation sites is 2. The highest BCUT2D eigenvalue weighted by Gasteiger charge is 2.23. The predicted molar refractivity (Wildman–Crippen MR) is 112 cm³/mol. The molecule has 0 aliphatic carbocycles. The molecule has 146 valence electrons. The zero-order chi connectivity index (χ0) is 20.5. The maximum Gasteiger partial charge on any atom is 0.340 e. The van der Waals surface area contributed by atoms with Crippen LogP contribution in [-0.4, -0.2) is 27.9 Å². The third-order valence-corrected chi connectivity index (χ3v) is 5.10. The van der Waals surface area contributed by atoms with Crippen molar-refractivity contribution in [3.8, 4) is 5.75 Å². The molecular weight excluding hydrogens is 366 g/mol. The average molecular weight is 387 g/mol. The summed E-state index contributed by atoms with van der Waals surface area (Å²) in [5, 5.41) is 11.1. The van der Waals surface area contributed by atoms with Crippen molar-refractivity contribution >= 4 is 28.2 Å². The van der Waals surface area contributed by atoms with Crippen LogP contribution in [0.5, 0.6) is 5.75 Å². The van der Waals surface area contributed by atoms with Crippen LogP contribution in [0.1, 0.15) is 45.7 Å². The highest BCUT2D eigenvalue weighted by molar-refractivity contribution is 6.13. The quantitative estimate of drug-likeness (QED) is 0.396. The summed E-state index contributed by atoms with van der Waals surface area (Å²) in [6, 6.07) is 15.8. The minimum absolute atomic E-state index is 0.0955. The minimum Gasteiger partial charge on any atom is -0.507 e. The summed E-state index contributed by atoms with van der Waals surface area (Å²) in [4.78, 5) is 25.9. The predicted octanol–water partition coefficient (Wildman–Crippen LogP) is 4.77. The average Bonchev–Trinajstić information content (AvgIpc) is 3.06. The Hall–Kier alpha value is -3.60. The van der Waals surface area contributed by atoms with E-state index in [1.165, 1.54) is 6.07 Å². The second-order valence-corrected chi connectivity index (χ2v) is 6.78. The van der Waals surface area contributed by atoms with Crippen molar-refractivity contribution in [2.24, 2.45) is 0 Å². The number of aromatic hydroxyl groups is 1. The molecule has 5 heteroatoms. The molecule has 0 unspecified atom stereocenters. The third kappa shape index (κ3) is 3.05. The van der Waals surface area contributed by atoms with Crippen LogP contribution in [0.15, 0.2) is 60.8 Å². The number of pyridine rings is 1. The summed E-state index contributed by atoms with van der Waals surface area (Å²) in [5.74, 6) is -0.921. The van der Waals surface area contributed by atoms with Gasteiger partial charge in [0.1, 0.15) is 5.75 Å². The van der Waals surface area contributed by atoms with Gasteiger partial charge in [-0.2, -0.15) is 0 Å². The number of ketones is 1. The van der Waals surface area contributed by atoms with Gasteiger partial charge in [-0.1, -0.05) is 37.3 Å². The molecule has 0 saturated carbocycles. The fraction of sp³-hybridized carbons (Fsp3) is 0.167. The highest BCUT2D eigenvalue weighted by atomic mass is 16.5. The first-order chi connectivity index (χ1) is 14.1. The van der Waals surface area contributed by atoms with Crippen molar-refractivity contribution in [1.82, 2.24) is 4.40 Å². The smallest absolute Gasteiger partial charge is 0.340 e. The van der Waals surface area contributed by atoms with Crippen LogP contribution in [0.4, 0.5) is 0 Å². The van der Waals surface area contributed by atoms with Gasteiger partial charge >= 0.3 is 5.97 Å². The molecule has 2 aromatic carbocycles. The molecule has 0 spiro atoms. The standard InChI is InChI=1S/C24H21NO4/c1-3-16-17-9-5-7-11-20(17)25-14-15(13-19(22(16)25)24(28)29-4-2)23(27)18-10-6-8-12-21(18)26/h5-14,26H,3-4H2,1-2H3. The van der Waals surface area contributed by atoms with Gasteiger partial charge < -0.3 is 14.2 Å². The molecule has 5 nitrogen and oxygen atoms in total. The number of fused-ring (bicyclic) bond motifs is 3. The van der Waals surface area contributed by atoms with Crippen LogP contribution in [0.2, 0.25) is 0 Å². The first-order valence-corrected chi connectivity index (χ1v) is 9.62. The molecule has 0 amide bonds. The van der Waals surface area contributed by atoms with Crippen LogP contribution in [0.3, 0.4) is 0 Å². The second kappa shape index (κ2) is 7.43. The van der Waals surface area contributed by atoms with Gasteiger partial charge in [0, 0.05) is 17.1 Å². The normalized spacial score (nSPS) is 11.1. The van der Waals surface area contributed by atoms with E-state index in [0.29, 0.717) is 11.1 Å². The summed E-state index contributed by atoms with van der Waals surface area (Å²) < 4.78 is 7.17. The summed E-state index contributed by atoms with van der Waals surface area (Å²) in [6.45, 7) is 4.03. The maximum absolute atomic E-state index is 13.1. The van der Waals surface area contributed by atoms with Crippen LogP contribution in [-0.2, 0) is 11.2 Å². The van der Waals surface area contributed by atoms with E-state index < -0.39 is 5.97 Å². The molecule has 29 heavy (non-hydrogen) atoms. The number of benzene rings is 2. The number of carbonyl (C=O) groups is 2. The number of hydrogen-bond donors (Lipinski definition) is 1. The van der Waals surface area contributed by atoms with Gasteiger partial charge in [-0.25, -0.2) is 4.79 Å². The summed E-state index contributed by atoms with van der Waals surface area (Å²) in [7, 11) is 0. The zero-order valence-electron chi connectivity index (χ0n) is 16.3. The largest absolute Gasteiger partial charge is 0.507 e. The molecule has 0 radical (unpaired) electrons. The topological polar surface area (TPSA) is 68.0 Å². The lowest BCUT2D eigenvalue weighted by atomic mass is 10.0. The van der Waals surface area contributed by atoms with Crippen molar-refractivity contribution in [3.63, 3.8) is 0 Å². The highest BCUT2D eigenvalue weighted by Crippen LogP contribution is 2.32. The number of rotatable bonds is 5. The number of phenolic OH excluding ortho intramolecular Hbond substituents is 1. The van der Waals surface area contributed by atoms with Crippen molar-refractivity contribution in [1.29, 1.82) is 0 Å². The Morgan fingerprint density at radius 2 is 1.72 bits per heavy atom. The van der Waals surface area contributed by atoms with Gasteiger partial charge in [0.25, 0.3) is 0 Å². The van der Waals surface area contributed by atoms with Gasteiger partial charge in [-0.05, 0) is 43.2 Å². The number of esters is 1. The molecule has 4 rings (SSSR count). The lowest BCUT2D eigenvalue weighted by Crippen LogP contribution is -2.11. The molecule has 0 aliphatic heterocycles. The summed E-state index contributed by atoms with van der Waals surface area (Å²) >= 11 is 0. The Morgan fingerprint density at radius 1 is 1.00 bits per heavy atom. The van der Waals surface area contributed by atoms with Crippen molar-refractivity contribution in [3.05, 3.63) is 83.0 Å². The van der Waals surface area contributed by atoms with Gasteiger partial charge in [0.05, 0.1) is 28.8 Å². The van der Waals surface area contributed by atoms with Crippen LogP contribution in [0, 0.1) is 0 Å². The lowest BCUT2D eigenvalue weighted by molar-refractivity contribution is 0.0528.